The van der Waals surface area contributed by atoms with Crippen molar-refractivity contribution in [2.75, 3.05) is 0 Å². The van der Waals surface area contributed by atoms with Gasteiger partial charge in [0.2, 0.25) is 0 Å². The molecule has 52 heavy (non-hydrogen) atoms. The van der Waals surface area contributed by atoms with Crippen LogP contribution in [0.5, 0.6) is 0 Å². The van der Waals surface area contributed by atoms with Gasteiger partial charge in [0.25, 0.3) is 0 Å². The van der Waals surface area contributed by atoms with E-state index in [4.69, 9.17) is 16.8 Å². The molecule has 242 valence electrons. The van der Waals surface area contributed by atoms with Crippen LogP contribution in [-0.4, -0.2) is 19.1 Å². The van der Waals surface area contributed by atoms with E-state index in [2.05, 4.69) is 89.5 Å². The van der Waals surface area contributed by atoms with Gasteiger partial charge in [0.1, 0.15) is 5.69 Å². The summed E-state index contributed by atoms with van der Waals surface area (Å²) in [5.74, 6) is 0.683. The van der Waals surface area contributed by atoms with Gasteiger partial charge in [0, 0.05) is 32.8 Å². The molecule has 3 heterocycles. The number of hydrogen-bond acceptors (Lipinski definition) is 2. The summed E-state index contributed by atoms with van der Waals surface area (Å²) in [4.78, 5) is 10.8. The van der Waals surface area contributed by atoms with Crippen LogP contribution in [0.15, 0.2) is 182 Å². The molecule has 0 radical (unpaired) electrons. The Hall–Kier alpha value is -7.04. The lowest BCUT2D eigenvalue weighted by Gasteiger charge is -2.14. The zero-order valence-corrected chi connectivity index (χ0v) is 27.7. The van der Waals surface area contributed by atoms with Crippen molar-refractivity contribution in [1.82, 2.24) is 19.1 Å². The van der Waals surface area contributed by atoms with Crippen molar-refractivity contribution in [1.29, 1.82) is 0 Å². The minimum atomic E-state index is -0.423. The van der Waals surface area contributed by atoms with E-state index in [0.29, 0.717) is 17.0 Å². The van der Waals surface area contributed by atoms with Gasteiger partial charge in [-0.25, -0.2) is 9.97 Å². The van der Waals surface area contributed by atoms with E-state index in [1.807, 2.05) is 66.7 Å². The van der Waals surface area contributed by atoms with Crippen molar-refractivity contribution in [2.24, 2.45) is 0 Å². The van der Waals surface area contributed by atoms with Gasteiger partial charge in [-0.2, -0.15) is 0 Å². The highest BCUT2D eigenvalue weighted by Gasteiger charge is 2.23. The average Bonchev–Trinajstić information content (AvgIpc) is 3.76. The van der Waals surface area contributed by atoms with Crippen LogP contribution >= 0.6 is 0 Å². The number of aromatic nitrogens is 4. The fraction of sp³-hybridized carbons (Fsp3) is 0. The second kappa shape index (κ2) is 11.2. The lowest BCUT2D eigenvalue weighted by Crippen LogP contribution is -2.04. The maximum absolute atomic E-state index is 8.86. The number of para-hydroxylation sites is 4. The monoisotopic (exact) mass is 667 g/mol. The topological polar surface area (TPSA) is 35.6 Å². The van der Waals surface area contributed by atoms with E-state index < -0.39 is 6.04 Å². The van der Waals surface area contributed by atoms with Crippen molar-refractivity contribution in [3.63, 3.8) is 0 Å². The second-order valence-corrected chi connectivity index (χ2v) is 13.1. The quantitative estimate of drug-likeness (QED) is 0.187. The van der Waals surface area contributed by atoms with Crippen LogP contribution in [0.4, 0.5) is 0 Å². The summed E-state index contributed by atoms with van der Waals surface area (Å²) < 4.78 is 46.9. The van der Waals surface area contributed by atoms with E-state index in [-0.39, 0.29) is 29.9 Å². The van der Waals surface area contributed by atoms with Gasteiger partial charge in [-0.1, -0.05) is 121 Å². The van der Waals surface area contributed by atoms with Crippen LogP contribution in [0.1, 0.15) is 6.85 Å². The smallest absolute Gasteiger partial charge is 0.165 e. The molecule has 0 unspecified atom stereocenters. The maximum atomic E-state index is 8.86. The predicted molar refractivity (Wildman–Crippen MR) is 217 cm³/mol. The van der Waals surface area contributed by atoms with E-state index in [9.17, 15) is 0 Å². The molecule has 11 rings (SSSR count). The molecule has 0 atom stereocenters. The van der Waals surface area contributed by atoms with Gasteiger partial charge < -0.3 is 4.57 Å². The first-order chi connectivity index (χ1) is 27.9. The van der Waals surface area contributed by atoms with Crippen molar-refractivity contribution in [3.05, 3.63) is 182 Å². The Morgan fingerprint density at radius 1 is 0.442 bits per heavy atom. The Morgan fingerprint density at radius 3 is 1.98 bits per heavy atom. The summed E-state index contributed by atoms with van der Waals surface area (Å²) >= 11 is 0. The number of rotatable bonds is 4. The summed E-state index contributed by atoms with van der Waals surface area (Å²) in [6.45, 7) is 0. The average molecular weight is 668 g/mol. The molecule has 0 fully saturated rings. The van der Waals surface area contributed by atoms with Crippen LogP contribution in [0, 0.1) is 0 Å². The Morgan fingerprint density at radius 2 is 1.13 bits per heavy atom. The van der Waals surface area contributed by atoms with E-state index >= 15 is 0 Å². The summed E-state index contributed by atoms with van der Waals surface area (Å²) in [5, 5.41) is 6.25. The lowest BCUT2D eigenvalue weighted by atomic mass is 9.98. The summed E-state index contributed by atoms with van der Waals surface area (Å²) in [6, 6.07) is 49.9. The van der Waals surface area contributed by atoms with E-state index in [1.165, 1.54) is 0 Å². The normalized spacial score (nSPS) is 13.2. The zero-order valence-electron chi connectivity index (χ0n) is 32.7. The number of benzene rings is 8. The molecule has 0 saturated heterocycles. The van der Waals surface area contributed by atoms with Crippen molar-refractivity contribution < 1.29 is 6.85 Å². The van der Waals surface area contributed by atoms with E-state index in [1.54, 1.807) is 4.57 Å². The largest absolute Gasteiger partial charge is 0.309 e. The SMILES string of the molecule is [2H]c1c([2H])c([2H])c(-n2c3ccccc3c3cc(-c4nc5ccccc5nc4-n4c5cc6ccccc6cc5c5c(-c6ccccc6)cccc54)ccc32)c([2H])c1[2H]. The Labute approximate surface area is 306 Å². The van der Waals surface area contributed by atoms with Gasteiger partial charge in [-0.05, 0) is 82.5 Å². The fourth-order valence-corrected chi connectivity index (χ4v) is 7.90. The molecule has 8 aromatic carbocycles. The highest BCUT2D eigenvalue weighted by atomic mass is 15.1. The Bertz CT molecular complexity index is 3450. The van der Waals surface area contributed by atoms with Gasteiger partial charge in [0.05, 0.1) is 40.0 Å². The van der Waals surface area contributed by atoms with Gasteiger partial charge >= 0.3 is 0 Å². The molecule has 0 saturated carbocycles. The first-order valence-electron chi connectivity index (χ1n) is 19.8. The number of fused-ring (bicyclic) bond motifs is 8. The number of nitrogens with zero attached hydrogens (tertiary/aromatic N) is 4. The molecule has 0 amide bonds. The van der Waals surface area contributed by atoms with Crippen LogP contribution < -0.4 is 0 Å². The molecule has 0 aliphatic carbocycles. The molecule has 4 nitrogen and oxygen atoms in total. The standard InChI is InChI=1S/C48H30N4/c1-3-14-31(15-4-1)36-21-13-25-44-46(36)39-28-32-16-7-8-17-33(32)30-45(39)52(44)48-47(49-40-22-10-11-23-41(40)50-48)34-26-27-43-38(29-34)37-20-9-12-24-42(37)51(43)35-18-5-2-6-19-35/h1-30H/i2D,5D,6D,18D,19D. The molecular formula is C48H30N4. The van der Waals surface area contributed by atoms with Crippen molar-refractivity contribution in [3.8, 4) is 33.9 Å². The second-order valence-electron chi connectivity index (χ2n) is 13.1. The molecule has 0 N–H and O–H groups in total. The lowest BCUT2D eigenvalue weighted by molar-refractivity contribution is 1.08. The van der Waals surface area contributed by atoms with E-state index in [0.717, 1.165) is 76.6 Å². The molecule has 4 heteroatoms. The molecule has 0 bridgehead atoms. The van der Waals surface area contributed by atoms with Crippen LogP contribution in [0.2, 0.25) is 0 Å². The third kappa shape index (κ3) is 4.28. The summed E-state index contributed by atoms with van der Waals surface area (Å²) in [6.07, 6.45) is 0. The third-order valence-corrected chi connectivity index (χ3v) is 10.2. The Balaban J connectivity index is 1.24. The van der Waals surface area contributed by atoms with Gasteiger partial charge in [-0.3, -0.25) is 4.57 Å². The fourth-order valence-electron chi connectivity index (χ4n) is 7.90. The molecule has 0 aliphatic rings. The summed E-state index contributed by atoms with van der Waals surface area (Å²) in [7, 11) is 0. The van der Waals surface area contributed by atoms with Crippen molar-refractivity contribution in [2.45, 2.75) is 0 Å². The third-order valence-electron chi connectivity index (χ3n) is 10.2. The first kappa shape index (κ1) is 24.2. The van der Waals surface area contributed by atoms with Gasteiger partial charge in [0.15, 0.2) is 5.82 Å². The minimum absolute atomic E-state index is 0.109. The number of hydrogen-bond donors (Lipinski definition) is 0. The van der Waals surface area contributed by atoms with Crippen molar-refractivity contribution >= 4 is 65.4 Å². The maximum Gasteiger partial charge on any atom is 0.165 e. The predicted octanol–water partition coefficient (Wildman–Crippen LogP) is 12.3. The Kier molecular flexibility index (Phi) is 5.22. The highest BCUT2D eigenvalue weighted by Crippen LogP contribution is 2.42. The van der Waals surface area contributed by atoms with Gasteiger partial charge in [-0.15, -0.1) is 0 Å². The molecule has 0 spiro atoms. The van der Waals surface area contributed by atoms with Crippen LogP contribution in [-0.2, 0) is 0 Å². The van der Waals surface area contributed by atoms with Crippen LogP contribution in [0.3, 0.4) is 0 Å². The zero-order chi connectivity index (χ0) is 38.5. The molecule has 0 aliphatic heterocycles. The molecular weight excluding hydrogens is 633 g/mol. The van der Waals surface area contributed by atoms with Crippen LogP contribution in [0.25, 0.3) is 99.3 Å². The minimum Gasteiger partial charge on any atom is -0.309 e. The molecule has 11 aromatic rings. The summed E-state index contributed by atoms with van der Waals surface area (Å²) in [5.41, 5.74) is 8.87. The molecule has 3 aromatic heterocycles. The highest BCUT2D eigenvalue weighted by molar-refractivity contribution is 6.19. The first-order valence-corrected chi connectivity index (χ1v) is 17.3.